The molecule has 2 rings (SSSR count). The van der Waals surface area contributed by atoms with Crippen molar-refractivity contribution >= 4 is 50.0 Å². The summed E-state index contributed by atoms with van der Waals surface area (Å²) in [6.07, 6.45) is 1.38. The van der Waals surface area contributed by atoms with Crippen LogP contribution in [0.25, 0.3) is 0 Å². The third-order valence-electron chi connectivity index (χ3n) is 2.23. The Hall–Kier alpha value is -0.890. The predicted octanol–water partition coefficient (Wildman–Crippen LogP) is 3.19. The highest BCUT2D eigenvalue weighted by atomic mass is 127. The van der Waals surface area contributed by atoms with Crippen LogP contribution >= 0.6 is 38.5 Å². The number of nitrogens with one attached hydrogen (secondary N) is 2. The molecule has 0 bridgehead atoms. The largest absolute Gasteiger partial charge is 0.339 e. The Balaban J connectivity index is 2.35. The third kappa shape index (κ3) is 2.86. The molecule has 0 saturated heterocycles. The van der Waals surface area contributed by atoms with Gasteiger partial charge in [0.05, 0.1) is 6.33 Å². The zero-order chi connectivity index (χ0) is 12.4. The zero-order valence-corrected chi connectivity index (χ0v) is 12.7. The summed E-state index contributed by atoms with van der Waals surface area (Å²) in [6.45, 7) is 2.02. The summed E-state index contributed by atoms with van der Waals surface area (Å²) < 4.78 is 1.56. The molecule has 0 unspecified atom stereocenters. The van der Waals surface area contributed by atoms with Gasteiger partial charge in [-0.1, -0.05) is 22.0 Å². The van der Waals surface area contributed by atoms with Crippen molar-refractivity contribution in [3.05, 3.63) is 48.5 Å². The summed E-state index contributed by atoms with van der Waals surface area (Å²) in [5.74, 6) is 0.560. The molecular weight excluding hydrogens is 397 g/mol. The summed E-state index contributed by atoms with van der Waals surface area (Å²) >= 11 is 5.43. The molecule has 0 spiro atoms. The van der Waals surface area contributed by atoms with E-state index in [0.717, 1.165) is 15.7 Å². The number of H-pyrrole nitrogens is 1. The topological polar surface area (TPSA) is 57.8 Å². The second-order valence-electron chi connectivity index (χ2n) is 3.48. The Labute approximate surface area is 120 Å². The third-order valence-corrected chi connectivity index (χ3v) is 4.09. The quantitative estimate of drug-likeness (QED) is 0.754. The molecule has 0 amide bonds. The SMILES string of the molecule is Cc1ccc(Nc2nc[nH]c(=O)c2I)cc1Br. The Morgan fingerprint density at radius 3 is 2.94 bits per heavy atom. The number of rotatable bonds is 2. The van der Waals surface area contributed by atoms with Crippen molar-refractivity contribution < 1.29 is 0 Å². The van der Waals surface area contributed by atoms with Gasteiger partial charge in [0, 0.05) is 10.2 Å². The monoisotopic (exact) mass is 405 g/mol. The standard InChI is InChI=1S/C11H9BrIN3O/c1-6-2-3-7(4-8(6)12)16-10-9(13)11(17)15-5-14-10/h2-5H,1H3,(H2,14,15,16,17). The van der Waals surface area contributed by atoms with Crippen molar-refractivity contribution in [3.63, 3.8) is 0 Å². The molecule has 0 radical (unpaired) electrons. The van der Waals surface area contributed by atoms with Crippen LogP contribution in [0.3, 0.4) is 0 Å². The van der Waals surface area contributed by atoms with Gasteiger partial charge in [-0.3, -0.25) is 4.79 Å². The molecule has 6 heteroatoms. The lowest BCUT2D eigenvalue weighted by Crippen LogP contribution is -2.12. The minimum Gasteiger partial charge on any atom is -0.339 e. The smallest absolute Gasteiger partial charge is 0.266 e. The number of benzene rings is 1. The molecule has 0 aliphatic carbocycles. The molecule has 17 heavy (non-hydrogen) atoms. The molecule has 0 atom stereocenters. The van der Waals surface area contributed by atoms with Crippen LogP contribution in [-0.2, 0) is 0 Å². The average Bonchev–Trinajstić information content (AvgIpc) is 2.30. The van der Waals surface area contributed by atoms with E-state index in [9.17, 15) is 4.79 Å². The molecule has 1 aromatic carbocycles. The second-order valence-corrected chi connectivity index (χ2v) is 5.42. The van der Waals surface area contributed by atoms with Crippen LogP contribution in [0.2, 0.25) is 0 Å². The maximum absolute atomic E-state index is 11.4. The van der Waals surface area contributed by atoms with E-state index in [0.29, 0.717) is 9.39 Å². The first-order valence-corrected chi connectivity index (χ1v) is 6.71. The van der Waals surface area contributed by atoms with Gasteiger partial charge in [-0.2, -0.15) is 0 Å². The van der Waals surface area contributed by atoms with Gasteiger partial charge in [-0.05, 0) is 47.2 Å². The van der Waals surface area contributed by atoms with Gasteiger partial charge in [0.15, 0.2) is 5.82 Å². The molecule has 0 aliphatic rings. The van der Waals surface area contributed by atoms with Crippen LogP contribution in [0.15, 0.2) is 33.8 Å². The van der Waals surface area contributed by atoms with E-state index in [1.807, 2.05) is 47.7 Å². The van der Waals surface area contributed by atoms with Crippen molar-refractivity contribution in [2.45, 2.75) is 6.92 Å². The second kappa shape index (κ2) is 5.18. The average molecular weight is 406 g/mol. The molecular formula is C11H9BrIN3O. The van der Waals surface area contributed by atoms with Crippen LogP contribution in [-0.4, -0.2) is 9.97 Å². The van der Waals surface area contributed by atoms with E-state index in [-0.39, 0.29) is 5.56 Å². The lowest BCUT2D eigenvalue weighted by atomic mass is 10.2. The van der Waals surface area contributed by atoms with Crippen LogP contribution in [0.1, 0.15) is 5.56 Å². The minimum atomic E-state index is -0.144. The molecule has 0 aliphatic heterocycles. The lowest BCUT2D eigenvalue weighted by Gasteiger charge is -2.08. The van der Waals surface area contributed by atoms with Crippen molar-refractivity contribution in [3.8, 4) is 0 Å². The maximum Gasteiger partial charge on any atom is 0.266 e. The fourth-order valence-corrected chi connectivity index (χ4v) is 2.09. The molecule has 2 N–H and O–H groups in total. The summed E-state index contributed by atoms with van der Waals surface area (Å²) in [7, 11) is 0. The van der Waals surface area contributed by atoms with E-state index in [4.69, 9.17) is 0 Å². The summed E-state index contributed by atoms with van der Waals surface area (Å²) in [4.78, 5) is 18.0. The van der Waals surface area contributed by atoms with E-state index in [1.54, 1.807) is 0 Å². The zero-order valence-electron chi connectivity index (χ0n) is 8.92. The van der Waals surface area contributed by atoms with Crippen LogP contribution < -0.4 is 10.9 Å². The van der Waals surface area contributed by atoms with Crippen LogP contribution in [0, 0.1) is 10.5 Å². The normalized spacial score (nSPS) is 10.3. The number of hydrogen-bond donors (Lipinski definition) is 2. The minimum absolute atomic E-state index is 0.144. The van der Waals surface area contributed by atoms with Gasteiger partial charge in [0.2, 0.25) is 0 Å². The number of aromatic amines is 1. The number of aromatic nitrogens is 2. The van der Waals surface area contributed by atoms with Gasteiger partial charge in [0.25, 0.3) is 5.56 Å². The summed E-state index contributed by atoms with van der Waals surface area (Å²) in [6, 6.07) is 5.89. The van der Waals surface area contributed by atoms with Crippen molar-refractivity contribution in [1.82, 2.24) is 9.97 Å². The molecule has 88 valence electrons. The molecule has 4 nitrogen and oxygen atoms in total. The Morgan fingerprint density at radius 1 is 1.47 bits per heavy atom. The van der Waals surface area contributed by atoms with Crippen molar-refractivity contribution in [2.24, 2.45) is 0 Å². The Bertz CT molecular complexity index is 612. The van der Waals surface area contributed by atoms with Crippen LogP contribution in [0.5, 0.6) is 0 Å². The van der Waals surface area contributed by atoms with E-state index in [2.05, 4.69) is 31.2 Å². The number of nitrogens with zero attached hydrogens (tertiary/aromatic N) is 1. The molecule has 1 heterocycles. The van der Waals surface area contributed by atoms with Crippen LogP contribution in [0.4, 0.5) is 11.5 Å². The summed E-state index contributed by atoms with van der Waals surface area (Å²) in [5, 5.41) is 3.11. The van der Waals surface area contributed by atoms with Crippen molar-refractivity contribution in [1.29, 1.82) is 0 Å². The van der Waals surface area contributed by atoms with E-state index < -0.39 is 0 Å². The van der Waals surface area contributed by atoms with Gasteiger partial charge < -0.3 is 10.3 Å². The maximum atomic E-state index is 11.4. The van der Waals surface area contributed by atoms with E-state index in [1.165, 1.54) is 6.33 Å². The highest BCUT2D eigenvalue weighted by Crippen LogP contribution is 2.23. The first-order chi connectivity index (χ1) is 8.08. The number of hydrogen-bond acceptors (Lipinski definition) is 3. The van der Waals surface area contributed by atoms with Crippen molar-refractivity contribution in [2.75, 3.05) is 5.32 Å². The highest BCUT2D eigenvalue weighted by molar-refractivity contribution is 14.1. The van der Waals surface area contributed by atoms with E-state index >= 15 is 0 Å². The number of aryl methyl sites for hydroxylation is 1. The molecule has 0 saturated carbocycles. The van der Waals surface area contributed by atoms with Gasteiger partial charge in [0.1, 0.15) is 3.57 Å². The Kier molecular flexibility index (Phi) is 3.82. The van der Waals surface area contributed by atoms with Gasteiger partial charge in [-0.25, -0.2) is 4.98 Å². The first kappa shape index (κ1) is 12.6. The highest BCUT2D eigenvalue weighted by Gasteiger charge is 2.05. The van der Waals surface area contributed by atoms with Gasteiger partial charge >= 0.3 is 0 Å². The number of halogens is 2. The lowest BCUT2D eigenvalue weighted by molar-refractivity contribution is 1.10. The Morgan fingerprint density at radius 2 is 2.24 bits per heavy atom. The molecule has 2 aromatic rings. The summed E-state index contributed by atoms with van der Waals surface area (Å²) in [5.41, 5.74) is 1.90. The predicted molar refractivity (Wildman–Crippen MR) is 79.7 cm³/mol. The molecule has 0 fully saturated rings. The first-order valence-electron chi connectivity index (χ1n) is 4.84. The van der Waals surface area contributed by atoms with Gasteiger partial charge in [-0.15, -0.1) is 0 Å². The molecule has 1 aromatic heterocycles. The number of anilines is 2. The fraction of sp³-hybridized carbons (Fsp3) is 0.0909. The fourth-order valence-electron chi connectivity index (χ4n) is 1.28.